The average Bonchev–Trinajstić information content (AvgIpc) is 2.64. The minimum Gasteiger partial charge on any atom is -0.394 e. The molecule has 0 aromatic rings. The maximum Gasteiger partial charge on any atom is 0.100 e. The van der Waals surface area contributed by atoms with E-state index in [1.165, 1.54) is 6.42 Å². The molecule has 1 saturated heterocycles. The third kappa shape index (κ3) is 4.57. The van der Waals surface area contributed by atoms with Crippen LogP contribution in [0.1, 0.15) is 12.8 Å². The van der Waals surface area contributed by atoms with Crippen LogP contribution in [-0.2, 0) is 4.74 Å². The van der Waals surface area contributed by atoms with E-state index in [1.54, 1.807) is 0 Å². The van der Waals surface area contributed by atoms with Gasteiger partial charge in [-0.1, -0.05) is 0 Å². The Bertz CT molecular complexity index is 126. The fourth-order valence-corrected chi connectivity index (χ4v) is 1.48. The molecule has 1 heterocycles. The van der Waals surface area contributed by atoms with Gasteiger partial charge in [-0.15, -0.1) is 0 Å². The van der Waals surface area contributed by atoms with Gasteiger partial charge in [0.25, 0.3) is 0 Å². The van der Waals surface area contributed by atoms with Crippen molar-refractivity contribution in [3.05, 3.63) is 0 Å². The quantitative estimate of drug-likeness (QED) is 0.486. The van der Waals surface area contributed by atoms with E-state index >= 15 is 0 Å². The van der Waals surface area contributed by atoms with Crippen LogP contribution in [0.4, 0.5) is 0 Å². The maximum atomic E-state index is 8.96. The SMILES string of the molecule is OCC(O)COCCC1CCNC1. The number of rotatable bonds is 6. The van der Waals surface area contributed by atoms with Crippen LogP contribution < -0.4 is 5.32 Å². The Morgan fingerprint density at radius 2 is 2.38 bits per heavy atom. The van der Waals surface area contributed by atoms with E-state index in [9.17, 15) is 0 Å². The highest BCUT2D eigenvalue weighted by Gasteiger charge is 2.13. The maximum absolute atomic E-state index is 8.96. The summed E-state index contributed by atoms with van der Waals surface area (Å²) in [5.41, 5.74) is 0. The first-order chi connectivity index (χ1) is 6.33. The van der Waals surface area contributed by atoms with Gasteiger partial charge in [-0.3, -0.25) is 0 Å². The zero-order chi connectivity index (χ0) is 9.52. The van der Waals surface area contributed by atoms with Crippen LogP contribution in [0.3, 0.4) is 0 Å². The van der Waals surface area contributed by atoms with Crippen molar-refractivity contribution >= 4 is 0 Å². The lowest BCUT2D eigenvalue weighted by Gasteiger charge is -2.10. The minimum atomic E-state index is -0.721. The van der Waals surface area contributed by atoms with Gasteiger partial charge >= 0.3 is 0 Å². The summed E-state index contributed by atoms with van der Waals surface area (Å²) < 4.78 is 5.21. The van der Waals surface area contributed by atoms with E-state index < -0.39 is 6.10 Å². The predicted molar refractivity (Wildman–Crippen MR) is 49.5 cm³/mol. The van der Waals surface area contributed by atoms with Gasteiger partial charge in [-0.2, -0.15) is 0 Å². The molecule has 2 atom stereocenters. The first kappa shape index (κ1) is 10.9. The van der Waals surface area contributed by atoms with Crippen molar-refractivity contribution in [1.82, 2.24) is 5.32 Å². The van der Waals surface area contributed by atoms with Crippen molar-refractivity contribution in [2.24, 2.45) is 5.92 Å². The second-order valence-corrected chi connectivity index (χ2v) is 3.56. The number of nitrogens with one attached hydrogen (secondary N) is 1. The molecule has 4 nitrogen and oxygen atoms in total. The first-order valence-electron chi connectivity index (χ1n) is 4.90. The third-order valence-electron chi connectivity index (χ3n) is 2.35. The van der Waals surface area contributed by atoms with E-state index in [1.807, 2.05) is 0 Å². The third-order valence-corrected chi connectivity index (χ3v) is 2.35. The van der Waals surface area contributed by atoms with Crippen molar-refractivity contribution in [2.75, 3.05) is 32.9 Å². The summed E-state index contributed by atoms with van der Waals surface area (Å²) in [6, 6.07) is 0. The molecule has 0 saturated carbocycles. The van der Waals surface area contributed by atoms with Crippen LogP contribution in [0, 0.1) is 5.92 Å². The summed E-state index contributed by atoms with van der Waals surface area (Å²) >= 11 is 0. The van der Waals surface area contributed by atoms with Crippen molar-refractivity contribution < 1.29 is 14.9 Å². The number of hydrogen-bond acceptors (Lipinski definition) is 4. The van der Waals surface area contributed by atoms with Gasteiger partial charge < -0.3 is 20.3 Å². The smallest absolute Gasteiger partial charge is 0.100 e. The zero-order valence-corrected chi connectivity index (χ0v) is 7.91. The molecule has 1 fully saturated rings. The van der Waals surface area contributed by atoms with Gasteiger partial charge in [0.1, 0.15) is 6.10 Å². The Kier molecular flexibility index (Phi) is 5.31. The van der Waals surface area contributed by atoms with E-state index in [-0.39, 0.29) is 13.2 Å². The molecule has 0 spiro atoms. The molecule has 78 valence electrons. The largest absolute Gasteiger partial charge is 0.394 e. The number of aliphatic hydroxyl groups excluding tert-OH is 2. The lowest BCUT2D eigenvalue weighted by atomic mass is 10.1. The summed E-state index contributed by atoms with van der Waals surface area (Å²) in [5, 5.41) is 20.8. The van der Waals surface area contributed by atoms with Crippen LogP contribution in [-0.4, -0.2) is 49.2 Å². The second kappa shape index (κ2) is 6.32. The molecule has 0 amide bonds. The number of ether oxygens (including phenoxy) is 1. The summed E-state index contributed by atoms with van der Waals surface area (Å²) in [6.45, 7) is 2.92. The van der Waals surface area contributed by atoms with Crippen LogP contribution in [0.2, 0.25) is 0 Å². The zero-order valence-electron chi connectivity index (χ0n) is 7.91. The molecule has 0 radical (unpaired) electrons. The molecular weight excluding hydrogens is 170 g/mol. The Hall–Kier alpha value is -0.160. The highest BCUT2D eigenvalue weighted by atomic mass is 16.5. The molecule has 0 aliphatic carbocycles. The Labute approximate surface area is 78.9 Å². The van der Waals surface area contributed by atoms with Crippen LogP contribution in [0.5, 0.6) is 0 Å². The van der Waals surface area contributed by atoms with Crippen molar-refractivity contribution in [3.63, 3.8) is 0 Å². The van der Waals surface area contributed by atoms with Gasteiger partial charge in [0.05, 0.1) is 13.2 Å². The highest BCUT2D eigenvalue weighted by Crippen LogP contribution is 2.11. The molecule has 4 heteroatoms. The van der Waals surface area contributed by atoms with Crippen molar-refractivity contribution in [2.45, 2.75) is 18.9 Å². The lowest BCUT2D eigenvalue weighted by molar-refractivity contribution is 0.00323. The fraction of sp³-hybridized carbons (Fsp3) is 1.00. The molecule has 1 rings (SSSR count). The molecule has 0 bridgehead atoms. The number of aliphatic hydroxyl groups is 2. The second-order valence-electron chi connectivity index (χ2n) is 3.56. The molecule has 3 N–H and O–H groups in total. The Morgan fingerprint density at radius 3 is 3.00 bits per heavy atom. The minimum absolute atomic E-state index is 0.217. The van der Waals surface area contributed by atoms with Crippen LogP contribution in [0.25, 0.3) is 0 Å². The van der Waals surface area contributed by atoms with E-state index in [0.717, 1.165) is 25.4 Å². The summed E-state index contributed by atoms with van der Waals surface area (Å²) in [6.07, 6.45) is 1.55. The van der Waals surface area contributed by atoms with Gasteiger partial charge in [0.15, 0.2) is 0 Å². The molecule has 13 heavy (non-hydrogen) atoms. The molecule has 0 aromatic carbocycles. The Morgan fingerprint density at radius 1 is 1.54 bits per heavy atom. The predicted octanol–water partition coefficient (Wildman–Crippen LogP) is -0.644. The molecule has 2 unspecified atom stereocenters. The van der Waals surface area contributed by atoms with E-state index in [2.05, 4.69) is 5.32 Å². The average molecular weight is 189 g/mol. The normalized spacial score (nSPS) is 24.9. The topological polar surface area (TPSA) is 61.7 Å². The Balaban J connectivity index is 1.88. The van der Waals surface area contributed by atoms with Gasteiger partial charge in [-0.05, 0) is 31.8 Å². The van der Waals surface area contributed by atoms with Crippen LogP contribution >= 0.6 is 0 Å². The van der Waals surface area contributed by atoms with Gasteiger partial charge in [-0.25, -0.2) is 0 Å². The summed E-state index contributed by atoms with van der Waals surface area (Å²) in [7, 11) is 0. The lowest BCUT2D eigenvalue weighted by Crippen LogP contribution is -2.20. The van der Waals surface area contributed by atoms with Crippen molar-refractivity contribution in [1.29, 1.82) is 0 Å². The van der Waals surface area contributed by atoms with Gasteiger partial charge in [0.2, 0.25) is 0 Å². The van der Waals surface area contributed by atoms with Gasteiger partial charge in [0, 0.05) is 6.61 Å². The summed E-state index contributed by atoms with van der Waals surface area (Å²) in [4.78, 5) is 0. The molecule has 0 aromatic heterocycles. The number of hydrogen-bond donors (Lipinski definition) is 3. The van der Waals surface area contributed by atoms with E-state index in [0.29, 0.717) is 6.61 Å². The van der Waals surface area contributed by atoms with E-state index in [4.69, 9.17) is 14.9 Å². The monoisotopic (exact) mass is 189 g/mol. The standard InChI is InChI=1S/C9H19NO3/c11-6-9(12)7-13-4-2-8-1-3-10-5-8/h8-12H,1-7H2. The fourth-order valence-electron chi connectivity index (χ4n) is 1.48. The molecular formula is C9H19NO3. The first-order valence-corrected chi connectivity index (χ1v) is 4.90. The summed E-state index contributed by atoms with van der Waals surface area (Å²) in [5.74, 6) is 0.728. The highest BCUT2D eigenvalue weighted by molar-refractivity contribution is 4.70. The van der Waals surface area contributed by atoms with Crippen LogP contribution in [0.15, 0.2) is 0 Å². The molecule has 1 aliphatic rings. The van der Waals surface area contributed by atoms with Crippen molar-refractivity contribution in [3.8, 4) is 0 Å². The molecule has 1 aliphatic heterocycles.